The zero-order valence-corrected chi connectivity index (χ0v) is 15.2. The van der Waals surface area contributed by atoms with Gasteiger partial charge in [0.1, 0.15) is 11.6 Å². The number of ether oxygens (including phenoxy) is 1. The van der Waals surface area contributed by atoms with E-state index in [0.29, 0.717) is 24.3 Å². The van der Waals surface area contributed by atoms with Gasteiger partial charge in [0.15, 0.2) is 6.73 Å². The summed E-state index contributed by atoms with van der Waals surface area (Å²) < 4.78 is 19.9. The second kappa shape index (κ2) is 8.39. The molecule has 3 rings (SSSR count). The number of aliphatic carboxylic acids is 1. The summed E-state index contributed by atoms with van der Waals surface area (Å²) in [5.74, 6) is -2.60. The molecule has 2 atom stereocenters. The molecule has 0 spiro atoms. The SMILES string of the molecule is O=C(O)[C@H]1CCCC[C@H]1C(=O)Nc1cnn(COc2ccc(F)cc2Cl)c1. The summed E-state index contributed by atoms with van der Waals surface area (Å²) >= 11 is 5.90. The number of carboxylic acids is 1. The molecule has 1 amide bonds. The van der Waals surface area contributed by atoms with Crippen LogP contribution in [0.25, 0.3) is 0 Å². The number of hydrogen-bond acceptors (Lipinski definition) is 4. The molecule has 1 aliphatic rings. The summed E-state index contributed by atoms with van der Waals surface area (Å²) in [6.45, 7) is 0.0163. The third kappa shape index (κ3) is 4.77. The van der Waals surface area contributed by atoms with E-state index in [1.54, 1.807) is 6.20 Å². The highest BCUT2D eigenvalue weighted by Gasteiger charge is 2.35. The van der Waals surface area contributed by atoms with Crippen molar-refractivity contribution in [1.29, 1.82) is 0 Å². The number of nitrogens with one attached hydrogen (secondary N) is 1. The normalized spacial score (nSPS) is 19.5. The second-order valence-corrected chi connectivity index (χ2v) is 6.85. The number of aromatic nitrogens is 2. The summed E-state index contributed by atoms with van der Waals surface area (Å²) in [4.78, 5) is 23.8. The molecule has 0 saturated heterocycles. The third-order valence-corrected chi connectivity index (χ3v) is 4.86. The van der Waals surface area contributed by atoms with E-state index in [1.807, 2.05) is 0 Å². The van der Waals surface area contributed by atoms with Gasteiger partial charge in [-0.15, -0.1) is 0 Å². The highest BCUT2D eigenvalue weighted by Crippen LogP contribution is 2.31. The number of amides is 1. The molecule has 0 radical (unpaired) electrons. The lowest BCUT2D eigenvalue weighted by Gasteiger charge is -2.27. The van der Waals surface area contributed by atoms with Gasteiger partial charge in [0.25, 0.3) is 0 Å². The number of rotatable bonds is 6. The van der Waals surface area contributed by atoms with Crippen LogP contribution in [-0.4, -0.2) is 26.8 Å². The molecule has 9 heteroatoms. The largest absolute Gasteiger partial charge is 0.481 e. The van der Waals surface area contributed by atoms with Crippen molar-refractivity contribution in [3.05, 3.63) is 41.4 Å². The predicted molar refractivity (Wildman–Crippen MR) is 96.0 cm³/mol. The first-order valence-corrected chi connectivity index (χ1v) is 8.96. The minimum atomic E-state index is -0.935. The van der Waals surface area contributed by atoms with Gasteiger partial charge in [-0.2, -0.15) is 5.10 Å². The van der Waals surface area contributed by atoms with Crippen LogP contribution in [0.4, 0.5) is 10.1 Å². The van der Waals surface area contributed by atoms with Gasteiger partial charge < -0.3 is 15.2 Å². The number of carbonyl (C=O) groups is 2. The minimum Gasteiger partial charge on any atom is -0.481 e. The number of carbonyl (C=O) groups excluding carboxylic acids is 1. The molecule has 1 saturated carbocycles. The topological polar surface area (TPSA) is 93.5 Å². The maximum Gasteiger partial charge on any atom is 0.307 e. The van der Waals surface area contributed by atoms with Crippen molar-refractivity contribution >= 4 is 29.2 Å². The van der Waals surface area contributed by atoms with Crippen LogP contribution >= 0.6 is 11.6 Å². The fraction of sp³-hybridized carbons (Fsp3) is 0.389. The number of anilines is 1. The number of carboxylic acid groups (broad SMARTS) is 1. The van der Waals surface area contributed by atoms with E-state index in [2.05, 4.69) is 10.4 Å². The van der Waals surface area contributed by atoms with Crippen molar-refractivity contribution in [2.75, 3.05) is 5.32 Å². The lowest BCUT2D eigenvalue weighted by Crippen LogP contribution is -2.35. The predicted octanol–water partition coefficient (Wildman–Crippen LogP) is 3.54. The van der Waals surface area contributed by atoms with Gasteiger partial charge in [0.2, 0.25) is 5.91 Å². The molecule has 1 aromatic heterocycles. The Morgan fingerprint density at radius 1 is 1.33 bits per heavy atom. The number of hydrogen-bond donors (Lipinski definition) is 2. The average molecular weight is 396 g/mol. The fourth-order valence-electron chi connectivity index (χ4n) is 3.20. The lowest BCUT2D eigenvalue weighted by molar-refractivity contribution is -0.147. The third-order valence-electron chi connectivity index (χ3n) is 4.57. The first-order chi connectivity index (χ1) is 12.9. The van der Waals surface area contributed by atoms with Gasteiger partial charge in [-0.3, -0.25) is 9.59 Å². The second-order valence-electron chi connectivity index (χ2n) is 6.44. The standard InChI is InChI=1S/C18H19ClFN3O4/c19-15-7-11(20)5-6-16(15)27-10-23-9-12(8-21-23)22-17(24)13-3-1-2-4-14(13)18(25)26/h5-9,13-14H,1-4,10H2,(H,22,24)(H,25,26)/t13-,14+/m1/s1. The van der Waals surface area contributed by atoms with Crippen LogP contribution in [0.15, 0.2) is 30.6 Å². The van der Waals surface area contributed by atoms with E-state index in [4.69, 9.17) is 16.3 Å². The number of nitrogens with zero attached hydrogens (tertiary/aromatic N) is 2. The molecule has 1 heterocycles. The van der Waals surface area contributed by atoms with Crippen LogP contribution < -0.4 is 10.1 Å². The Balaban J connectivity index is 1.58. The first-order valence-electron chi connectivity index (χ1n) is 8.58. The fourth-order valence-corrected chi connectivity index (χ4v) is 3.42. The zero-order valence-electron chi connectivity index (χ0n) is 14.4. The van der Waals surface area contributed by atoms with Crippen molar-refractivity contribution in [3.8, 4) is 5.75 Å². The minimum absolute atomic E-state index is 0.0163. The van der Waals surface area contributed by atoms with Gasteiger partial charge in [-0.25, -0.2) is 9.07 Å². The molecule has 0 aliphatic heterocycles. The maximum atomic E-state index is 13.0. The van der Waals surface area contributed by atoms with Crippen LogP contribution in [0, 0.1) is 17.7 Å². The molecule has 27 heavy (non-hydrogen) atoms. The smallest absolute Gasteiger partial charge is 0.307 e. The molecule has 1 aliphatic carbocycles. The van der Waals surface area contributed by atoms with E-state index in [9.17, 15) is 19.1 Å². The Labute approximate surface area is 160 Å². The van der Waals surface area contributed by atoms with E-state index < -0.39 is 23.6 Å². The van der Waals surface area contributed by atoms with Gasteiger partial charge in [0, 0.05) is 0 Å². The average Bonchev–Trinajstić information content (AvgIpc) is 3.08. The number of benzene rings is 1. The van der Waals surface area contributed by atoms with Crippen LogP contribution in [0.1, 0.15) is 25.7 Å². The van der Waals surface area contributed by atoms with Crippen LogP contribution in [0.3, 0.4) is 0 Å². The highest BCUT2D eigenvalue weighted by atomic mass is 35.5. The van der Waals surface area contributed by atoms with Crippen molar-refractivity contribution in [3.63, 3.8) is 0 Å². The Morgan fingerprint density at radius 2 is 2.07 bits per heavy atom. The summed E-state index contributed by atoms with van der Waals surface area (Å²) in [7, 11) is 0. The molecular weight excluding hydrogens is 377 g/mol. The molecule has 0 unspecified atom stereocenters. The first kappa shape index (κ1) is 19.2. The van der Waals surface area contributed by atoms with Crippen LogP contribution in [0.2, 0.25) is 5.02 Å². The van der Waals surface area contributed by atoms with E-state index >= 15 is 0 Å². The molecule has 1 aromatic carbocycles. The van der Waals surface area contributed by atoms with Gasteiger partial charge >= 0.3 is 5.97 Å². The molecule has 1 fully saturated rings. The van der Waals surface area contributed by atoms with Gasteiger partial charge in [-0.05, 0) is 31.0 Å². The van der Waals surface area contributed by atoms with Crippen LogP contribution in [0.5, 0.6) is 5.75 Å². The molecule has 2 N–H and O–H groups in total. The quantitative estimate of drug-likeness (QED) is 0.780. The number of halogens is 2. The molecule has 144 valence electrons. The monoisotopic (exact) mass is 395 g/mol. The molecule has 2 aromatic rings. The van der Waals surface area contributed by atoms with Crippen LogP contribution in [-0.2, 0) is 16.3 Å². The molecule has 0 bridgehead atoms. The Bertz CT molecular complexity index is 842. The Morgan fingerprint density at radius 3 is 2.78 bits per heavy atom. The highest BCUT2D eigenvalue weighted by molar-refractivity contribution is 6.32. The molecule has 7 nitrogen and oxygen atoms in total. The van der Waals surface area contributed by atoms with Crippen molar-refractivity contribution in [2.24, 2.45) is 11.8 Å². The van der Waals surface area contributed by atoms with E-state index in [0.717, 1.165) is 18.9 Å². The summed E-state index contributed by atoms with van der Waals surface area (Å²) in [6.07, 6.45) is 5.75. The molecular formula is C18H19ClFN3O4. The Kier molecular flexibility index (Phi) is 5.95. The van der Waals surface area contributed by atoms with Crippen molar-refractivity contribution in [2.45, 2.75) is 32.4 Å². The van der Waals surface area contributed by atoms with E-state index in [1.165, 1.54) is 23.0 Å². The summed E-state index contributed by atoms with van der Waals surface area (Å²) in [5.41, 5.74) is 0.448. The lowest BCUT2D eigenvalue weighted by atomic mass is 9.78. The van der Waals surface area contributed by atoms with Crippen molar-refractivity contribution in [1.82, 2.24) is 9.78 Å². The van der Waals surface area contributed by atoms with Gasteiger partial charge in [0.05, 0.1) is 34.9 Å². The zero-order chi connectivity index (χ0) is 19.4. The maximum absolute atomic E-state index is 13.0. The summed E-state index contributed by atoms with van der Waals surface area (Å²) in [5, 5.41) is 16.2. The Hall–Kier alpha value is -2.61. The summed E-state index contributed by atoms with van der Waals surface area (Å²) in [6, 6.07) is 3.80. The van der Waals surface area contributed by atoms with Gasteiger partial charge in [-0.1, -0.05) is 24.4 Å². The van der Waals surface area contributed by atoms with Crippen molar-refractivity contribution < 1.29 is 23.8 Å². The van der Waals surface area contributed by atoms with E-state index in [-0.39, 0.29) is 17.7 Å².